The van der Waals surface area contributed by atoms with Crippen molar-refractivity contribution in [2.45, 2.75) is 39.5 Å². The Morgan fingerprint density at radius 1 is 1.09 bits per heavy atom. The van der Waals surface area contributed by atoms with Crippen LogP contribution in [0, 0.1) is 0 Å². The molecule has 7 heteroatoms. The quantitative estimate of drug-likeness (QED) is 0.278. The van der Waals surface area contributed by atoms with Crippen molar-refractivity contribution in [2.75, 3.05) is 11.9 Å². The Morgan fingerprint density at radius 3 is 2.63 bits per heavy atom. The predicted molar refractivity (Wildman–Crippen MR) is 143 cm³/mol. The van der Waals surface area contributed by atoms with Crippen LogP contribution in [0.15, 0.2) is 71.1 Å². The van der Waals surface area contributed by atoms with E-state index >= 15 is 0 Å². The fraction of sp³-hybridized carbons (Fsp3) is 0.250. The van der Waals surface area contributed by atoms with Crippen molar-refractivity contribution >= 4 is 40.0 Å². The predicted octanol–water partition coefficient (Wildman–Crippen LogP) is 6.46. The molecule has 0 bridgehead atoms. The van der Waals surface area contributed by atoms with Crippen LogP contribution < -0.4 is 15.4 Å². The van der Waals surface area contributed by atoms with E-state index in [-0.39, 0.29) is 11.0 Å². The number of hydrogen-bond donors (Lipinski definition) is 2. The summed E-state index contributed by atoms with van der Waals surface area (Å²) in [6.07, 6.45) is 1.49. The average molecular weight is 488 g/mol. The van der Waals surface area contributed by atoms with Crippen LogP contribution in [-0.4, -0.2) is 22.6 Å². The summed E-state index contributed by atoms with van der Waals surface area (Å²) in [5, 5.41) is 5.99. The van der Waals surface area contributed by atoms with Gasteiger partial charge in [-0.05, 0) is 78.1 Å². The molecule has 0 radical (unpaired) electrons. The molecule has 0 aliphatic rings. The molecule has 180 valence electrons. The lowest BCUT2D eigenvalue weighted by Crippen LogP contribution is -2.34. The number of benzene rings is 3. The van der Waals surface area contributed by atoms with E-state index in [9.17, 15) is 4.79 Å². The van der Waals surface area contributed by atoms with Crippen LogP contribution in [0.4, 0.5) is 5.69 Å². The molecule has 3 aromatic carbocycles. The summed E-state index contributed by atoms with van der Waals surface area (Å²) in [5.74, 6) is 1.49. The summed E-state index contributed by atoms with van der Waals surface area (Å²) in [7, 11) is 0. The SMILES string of the molecule is CCCOc1cccc(C(=O)NC(=S)Nc2ccc(Cc3nc4cc(C(C)C)ccc4o3)cc2)c1. The lowest BCUT2D eigenvalue weighted by Gasteiger charge is -2.11. The number of carbonyl (C=O) groups excluding carboxylic acids is 1. The van der Waals surface area contributed by atoms with Crippen LogP contribution in [-0.2, 0) is 6.42 Å². The molecule has 0 aliphatic carbocycles. The molecule has 0 saturated heterocycles. The van der Waals surface area contributed by atoms with E-state index in [1.165, 1.54) is 5.56 Å². The Labute approximate surface area is 210 Å². The number of oxazole rings is 1. The summed E-state index contributed by atoms with van der Waals surface area (Å²) >= 11 is 5.32. The number of amides is 1. The van der Waals surface area contributed by atoms with Crippen molar-refractivity contribution in [1.29, 1.82) is 0 Å². The van der Waals surface area contributed by atoms with E-state index < -0.39 is 0 Å². The Balaban J connectivity index is 1.34. The van der Waals surface area contributed by atoms with Crippen molar-refractivity contribution in [3.8, 4) is 5.75 Å². The molecule has 1 amide bonds. The maximum absolute atomic E-state index is 12.5. The summed E-state index contributed by atoms with van der Waals surface area (Å²) in [5.41, 5.74) is 5.24. The lowest BCUT2D eigenvalue weighted by atomic mass is 10.0. The lowest BCUT2D eigenvalue weighted by molar-refractivity contribution is 0.0977. The maximum Gasteiger partial charge on any atom is 0.257 e. The van der Waals surface area contributed by atoms with Crippen LogP contribution in [0.2, 0.25) is 0 Å². The highest BCUT2D eigenvalue weighted by Crippen LogP contribution is 2.23. The Bertz CT molecular complexity index is 1330. The Kier molecular flexibility index (Phi) is 7.77. The number of hydrogen-bond acceptors (Lipinski definition) is 5. The number of nitrogens with zero attached hydrogens (tertiary/aromatic N) is 1. The monoisotopic (exact) mass is 487 g/mol. The first-order valence-corrected chi connectivity index (χ1v) is 12.2. The van der Waals surface area contributed by atoms with Crippen LogP contribution >= 0.6 is 12.2 Å². The second-order valence-electron chi connectivity index (χ2n) is 8.65. The second kappa shape index (κ2) is 11.1. The first-order chi connectivity index (χ1) is 16.9. The zero-order chi connectivity index (χ0) is 24.8. The van der Waals surface area contributed by atoms with Crippen LogP contribution in [0.1, 0.15) is 60.5 Å². The minimum atomic E-state index is -0.294. The Morgan fingerprint density at radius 2 is 1.89 bits per heavy atom. The van der Waals surface area contributed by atoms with Crippen LogP contribution in [0.5, 0.6) is 5.75 Å². The van der Waals surface area contributed by atoms with E-state index in [0.717, 1.165) is 28.8 Å². The average Bonchev–Trinajstić information content (AvgIpc) is 3.25. The molecule has 35 heavy (non-hydrogen) atoms. The van der Waals surface area contributed by atoms with E-state index in [4.69, 9.17) is 21.4 Å². The van der Waals surface area contributed by atoms with Gasteiger partial charge in [0, 0.05) is 17.7 Å². The van der Waals surface area contributed by atoms with Gasteiger partial charge in [0.1, 0.15) is 11.3 Å². The number of anilines is 1. The van der Waals surface area contributed by atoms with E-state index in [0.29, 0.717) is 36.1 Å². The van der Waals surface area contributed by atoms with Gasteiger partial charge < -0.3 is 14.5 Å². The zero-order valence-electron chi connectivity index (χ0n) is 20.1. The third-order valence-corrected chi connectivity index (χ3v) is 5.69. The van der Waals surface area contributed by atoms with E-state index in [2.05, 4.69) is 41.6 Å². The van der Waals surface area contributed by atoms with Crippen molar-refractivity contribution in [3.05, 3.63) is 89.3 Å². The highest BCUT2D eigenvalue weighted by Gasteiger charge is 2.11. The third-order valence-electron chi connectivity index (χ3n) is 5.49. The van der Waals surface area contributed by atoms with Gasteiger partial charge in [0.05, 0.1) is 6.61 Å². The van der Waals surface area contributed by atoms with Crippen molar-refractivity contribution < 1.29 is 13.9 Å². The molecule has 4 rings (SSSR count). The number of ether oxygens (including phenoxy) is 1. The summed E-state index contributed by atoms with van der Waals surface area (Å²) in [6.45, 7) is 6.96. The number of rotatable bonds is 8. The zero-order valence-corrected chi connectivity index (χ0v) is 20.9. The highest BCUT2D eigenvalue weighted by molar-refractivity contribution is 7.80. The molecule has 0 aliphatic heterocycles. The standard InChI is InChI=1S/C28H29N3O3S/c1-4-14-33-23-7-5-6-21(16-23)27(32)31-28(35)29-22-11-8-19(9-12-22)15-26-30-24-17-20(18(2)3)10-13-25(24)34-26/h5-13,16-18H,4,14-15H2,1-3H3,(H2,29,31,32,35). The normalized spacial score (nSPS) is 11.0. The molecule has 1 aromatic heterocycles. The fourth-order valence-corrected chi connectivity index (χ4v) is 3.80. The number of thiocarbonyl (C=S) groups is 1. The molecule has 0 unspecified atom stereocenters. The van der Waals surface area contributed by atoms with Gasteiger partial charge in [-0.3, -0.25) is 10.1 Å². The topological polar surface area (TPSA) is 76.4 Å². The minimum absolute atomic E-state index is 0.225. The molecule has 1 heterocycles. The molecular formula is C28H29N3O3S. The largest absolute Gasteiger partial charge is 0.494 e. The van der Waals surface area contributed by atoms with Crippen molar-refractivity contribution in [2.24, 2.45) is 0 Å². The van der Waals surface area contributed by atoms with Gasteiger partial charge in [-0.2, -0.15) is 0 Å². The van der Waals surface area contributed by atoms with E-state index in [1.807, 2.05) is 43.3 Å². The number of aromatic nitrogens is 1. The molecule has 6 nitrogen and oxygen atoms in total. The van der Waals surface area contributed by atoms with E-state index in [1.54, 1.807) is 18.2 Å². The molecule has 0 spiro atoms. The van der Waals surface area contributed by atoms with Crippen LogP contribution in [0.3, 0.4) is 0 Å². The summed E-state index contributed by atoms with van der Waals surface area (Å²) < 4.78 is 11.5. The maximum atomic E-state index is 12.5. The molecular weight excluding hydrogens is 458 g/mol. The van der Waals surface area contributed by atoms with Gasteiger partial charge in [-0.25, -0.2) is 4.98 Å². The van der Waals surface area contributed by atoms with Crippen molar-refractivity contribution in [3.63, 3.8) is 0 Å². The van der Waals surface area contributed by atoms with Crippen LogP contribution in [0.25, 0.3) is 11.1 Å². The van der Waals surface area contributed by atoms with Gasteiger partial charge in [0.2, 0.25) is 0 Å². The van der Waals surface area contributed by atoms with Gasteiger partial charge in [0.15, 0.2) is 16.6 Å². The minimum Gasteiger partial charge on any atom is -0.494 e. The summed E-state index contributed by atoms with van der Waals surface area (Å²) in [6, 6.07) is 21.0. The summed E-state index contributed by atoms with van der Waals surface area (Å²) in [4.78, 5) is 17.2. The molecule has 0 atom stereocenters. The van der Waals surface area contributed by atoms with Gasteiger partial charge in [0.25, 0.3) is 5.91 Å². The number of fused-ring (bicyclic) bond motifs is 1. The number of carbonyl (C=O) groups is 1. The van der Waals surface area contributed by atoms with Gasteiger partial charge in [-0.15, -0.1) is 0 Å². The Hall–Kier alpha value is -3.71. The smallest absolute Gasteiger partial charge is 0.257 e. The second-order valence-corrected chi connectivity index (χ2v) is 9.06. The first kappa shape index (κ1) is 24.4. The van der Waals surface area contributed by atoms with Gasteiger partial charge in [-0.1, -0.05) is 45.0 Å². The van der Waals surface area contributed by atoms with Crippen molar-refractivity contribution in [1.82, 2.24) is 10.3 Å². The molecule has 2 N–H and O–H groups in total. The molecule has 0 fully saturated rings. The number of nitrogens with one attached hydrogen (secondary N) is 2. The molecule has 4 aromatic rings. The first-order valence-electron chi connectivity index (χ1n) is 11.7. The van der Waals surface area contributed by atoms with Gasteiger partial charge >= 0.3 is 0 Å². The highest BCUT2D eigenvalue weighted by atomic mass is 32.1. The fourth-order valence-electron chi connectivity index (χ4n) is 3.59. The third kappa shape index (κ3) is 6.45. The molecule has 0 saturated carbocycles.